The van der Waals surface area contributed by atoms with Gasteiger partial charge in [0.05, 0.1) is 5.75 Å². The van der Waals surface area contributed by atoms with E-state index in [1.54, 1.807) is 19.9 Å². The Morgan fingerprint density at radius 3 is 2.24 bits per heavy atom. The summed E-state index contributed by atoms with van der Waals surface area (Å²) in [5, 5.41) is 3.32. The van der Waals surface area contributed by atoms with Gasteiger partial charge in [-0.05, 0) is 55.2 Å². The Morgan fingerprint density at radius 1 is 1.00 bits per heavy atom. The van der Waals surface area contributed by atoms with Crippen molar-refractivity contribution in [3.8, 4) is 0 Å². The van der Waals surface area contributed by atoms with Crippen LogP contribution in [0.4, 0.5) is 4.39 Å². The summed E-state index contributed by atoms with van der Waals surface area (Å²) in [6, 6.07) is 12.2. The Morgan fingerprint density at radius 2 is 1.64 bits per heavy atom. The summed E-state index contributed by atoms with van der Waals surface area (Å²) in [7, 11) is -3.30. The highest BCUT2D eigenvalue weighted by Crippen LogP contribution is 2.11. The molecular formula is C19H25FN2O2S. The van der Waals surface area contributed by atoms with E-state index in [0.717, 1.165) is 22.3 Å². The van der Waals surface area contributed by atoms with Crippen molar-refractivity contribution in [2.45, 2.75) is 45.7 Å². The molecule has 2 rings (SSSR count). The highest BCUT2D eigenvalue weighted by Gasteiger charge is 2.12. The van der Waals surface area contributed by atoms with Gasteiger partial charge in [-0.1, -0.05) is 30.3 Å². The minimum atomic E-state index is -3.30. The first-order chi connectivity index (χ1) is 11.7. The molecule has 0 saturated carbocycles. The lowest BCUT2D eigenvalue weighted by Gasteiger charge is -2.11. The van der Waals surface area contributed by atoms with E-state index in [4.69, 9.17) is 0 Å². The van der Waals surface area contributed by atoms with Gasteiger partial charge in [0.25, 0.3) is 0 Å². The molecule has 4 nitrogen and oxygen atoms in total. The molecule has 0 unspecified atom stereocenters. The first kappa shape index (κ1) is 19.6. The van der Waals surface area contributed by atoms with Crippen LogP contribution in [0.1, 0.15) is 36.1 Å². The van der Waals surface area contributed by atoms with Gasteiger partial charge in [0, 0.05) is 19.1 Å². The van der Waals surface area contributed by atoms with E-state index in [1.807, 2.05) is 31.2 Å². The van der Waals surface area contributed by atoms with Crippen molar-refractivity contribution in [2.24, 2.45) is 0 Å². The molecule has 0 saturated heterocycles. The third kappa shape index (κ3) is 6.57. The van der Waals surface area contributed by atoms with Crippen LogP contribution in [-0.4, -0.2) is 14.5 Å². The predicted molar refractivity (Wildman–Crippen MR) is 99.0 cm³/mol. The molecule has 0 amide bonds. The Hall–Kier alpha value is -1.76. The Labute approximate surface area is 149 Å². The quantitative estimate of drug-likeness (QED) is 0.756. The van der Waals surface area contributed by atoms with E-state index in [0.29, 0.717) is 13.1 Å². The number of hydrogen-bond donors (Lipinski definition) is 2. The SMILES string of the molecule is Cc1cc(F)ccc1CNCc1ccc(CS(=O)(=O)NC(C)C)cc1. The Bertz CT molecular complexity index is 803. The first-order valence-corrected chi connectivity index (χ1v) is 9.94. The molecule has 136 valence electrons. The fourth-order valence-corrected chi connectivity index (χ4v) is 4.01. The van der Waals surface area contributed by atoms with E-state index in [9.17, 15) is 12.8 Å². The van der Waals surface area contributed by atoms with Crippen LogP contribution in [0.15, 0.2) is 42.5 Å². The van der Waals surface area contributed by atoms with Crippen molar-refractivity contribution in [1.82, 2.24) is 10.0 Å². The molecule has 0 aliphatic carbocycles. The van der Waals surface area contributed by atoms with Gasteiger partial charge in [0.15, 0.2) is 0 Å². The maximum atomic E-state index is 13.1. The number of rotatable bonds is 8. The van der Waals surface area contributed by atoms with Crippen molar-refractivity contribution in [3.05, 3.63) is 70.5 Å². The molecule has 0 spiro atoms. The summed E-state index contributed by atoms with van der Waals surface area (Å²) in [6.07, 6.45) is 0. The van der Waals surface area contributed by atoms with E-state index >= 15 is 0 Å². The topological polar surface area (TPSA) is 58.2 Å². The van der Waals surface area contributed by atoms with Crippen LogP contribution in [0.5, 0.6) is 0 Å². The maximum Gasteiger partial charge on any atom is 0.216 e. The van der Waals surface area contributed by atoms with Gasteiger partial charge in [0.1, 0.15) is 5.82 Å². The van der Waals surface area contributed by atoms with Crippen LogP contribution in [0.25, 0.3) is 0 Å². The van der Waals surface area contributed by atoms with Crippen LogP contribution in [0.3, 0.4) is 0 Å². The molecule has 0 atom stereocenters. The van der Waals surface area contributed by atoms with Crippen LogP contribution >= 0.6 is 0 Å². The lowest BCUT2D eigenvalue weighted by molar-refractivity contribution is 0.569. The van der Waals surface area contributed by atoms with Gasteiger partial charge in [-0.2, -0.15) is 0 Å². The van der Waals surface area contributed by atoms with Crippen molar-refractivity contribution in [1.29, 1.82) is 0 Å². The number of benzene rings is 2. The highest BCUT2D eigenvalue weighted by molar-refractivity contribution is 7.88. The zero-order valence-electron chi connectivity index (χ0n) is 14.8. The average Bonchev–Trinajstić information content (AvgIpc) is 2.49. The highest BCUT2D eigenvalue weighted by atomic mass is 32.2. The second-order valence-corrected chi connectivity index (χ2v) is 8.28. The van der Waals surface area contributed by atoms with Crippen LogP contribution in [0, 0.1) is 12.7 Å². The second-order valence-electron chi connectivity index (χ2n) is 6.52. The third-order valence-corrected chi connectivity index (χ3v) is 5.29. The number of aryl methyl sites for hydroxylation is 1. The lowest BCUT2D eigenvalue weighted by Crippen LogP contribution is -2.31. The van der Waals surface area contributed by atoms with E-state index in [1.165, 1.54) is 12.1 Å². The maximum absolute atomic E-state index is 13.1. The number of sulfonamides is 1. The molecule has 2 aromatic rings. The van der Waals surface area contributed by atoms with Crippen LogP contribution in [0.2, 0.25) is 0 Å². The van der Waals surface area contributed by atoms with Crippen molar-refractivity contribution < 1.29 is 12.8 Å². The van der Waals surface area contributed by atoms with E-state index in [-0.39, 0.29) is 17.6 Å². The monoisotopic (exact) mass is 364 g/mol. The van der Waals surface area contributed by atoms with Gasteiger partial charge in [-0.25, -0.2) is 17.5 Å². The van der Waals surface area contributed by atoms with Gasteiger partial charge in [0.2, 0.25) is 10.0 Å². The summed E-state index contributed by atoms with van der Waals surface area (Å²) in [5.74, 6) is -0.244. The molecule has 0 radical (unpaired) electrons. The molecule has 0 heterocycles. The third-order valence-electron chi connectivity index (χ3n) is 3.74. The predicted octanol–water partition coefficient (Wildman–Crippen LogP) is 3.25. The van der Waals surface area contributed by atoms with Crippen molar-refractivity contribution >= 4 is 10.0 Å². The second kappa shape index (κ2) is 8.56. The van der Waals surface area contributed by atoms with Gasteiger partial charge in [-0.15, -0.1) is 0 Å². The zero-order valence-corrected chi connectivity index (χ0v) is 15.7. The smallest absolute Gasteiger partial charge is 0.216 e. The largest absolute Gasteiger partial charge is 0.309 e. The molecule has 2 aromatic carbocycles. The molecule has 0 fully saturated rings. The standard InChI is InChI=1S/C19H25FN2O2S/c1-14(2)22-25(23,24)13-17-6-4-16(5-7-17)11-21-12-18-8-9-19(20)10-15(18)3/h4-10,14,21-22H,11-13H2,1-3H3. The number of hydrogen-bond acceptors (Lipinski definition) is 3. The first-order valence-electron chi connectivity index (χ1n) is 8.29. The number of halogens is 1. The molecule has 6 heteroatoms. The molecule has 0 aromatic heterocycles. The molecule has 2 N–H and O–H groups in total. The zero-order chi connectivity index (χ0) is 18.4. The fourth-order valence-electron chi connectivity index (χ4n) is 2.57. The van der Waals surface area contributed by atoms with Gasteiger partial charge in [-0.3, -0.25) is 0 Å². The van der Waals surface area contributed by atoms with Crippen molar-refractivity contribution in [2.75, 3.05) is 0 Å². The van der Waals surface area contributed by atoms with E-state index in [2.05, 4.69) is 10.0 Å². The molecule has 0 bridgehead atoms. The minimum absolute atomic E-state index is 0.0202. The van der Waals surface area contributed by atoms with Gasteiger partial charge < -0.3 is 5.32 Å². The van der Waals surface area contributed by atoms with Gasteiger partial charge >= 0.3 is 0 Å². The minimum Gasteiger partial charge on any atom is -0.309 e. The summed E-state index contributed by atoms with van der Waals surface area (Å²) in [4.78, 5) is 0. The summed E-state index contributed by atoms with van der Waals surface area (Å²) in [6.45, 7) is 6.81. The molecular weight excluding hydrogens is 339 g/mol. The van der Waals surface area contributed by atoms with Crippen LogP contribution in [-0.2, 0) is 28.9 Å². The summed E-state index contributed by atoms with van der Waals surface area (Å²) in [5.41, 5.74) is 3.80. The Kier molecular flexibility index (Phi) is 6.70. The van der Waals surface area contributed by atoms with Crippen molar-refractivity contribution in [3.63, 3.8) is 0 Å². The van der Waals surface area contributed by atoms with Crippen LogP contribution < -0.4 is 10.0 Å². The number of nitrogens with one attached hydrogen (secondary N) is 2. The fraction of sp³-hybridized carbons (Fsp3) is 0.368. The normalized spacial score (nSPS) is 11.9. The Balaban J connectivity index is 1.88. The average molecular weight is 364 g/mol. The molecule has 25 heavy (non-hydrogen) atoms. The lowest BCUT2D eigenvalue weighted by atomic mass is 10.1. The van der Waals surface area contributed by atoms with E-state index < -0.39 is 10.0 Å². The molecule has 0 aliphatic rings. The summed E-state index contributed by atoms with van der Waals surface area (Å²) >= 11 is 0. The molecule has 0 aliphatic heterocycles. The summed E-state index contributed by atoms with van der Waals surface area (Å²) < 4.78 is 39.5.